The van der Waals surface area contributed by atoms with Gasteiger partial charge in [0.25, 0.3) is 0 Å². The lowest BCUT2D eigenvalue weighted by Gasteiger charge is -2.16. The Morgan fingerprint density at radius 2 is 1.77 bits per heavy atom. The first kappa shape index (κ1) is 15.9. The topological polar surface area (TPSA) is 38.8 Å². The second-order valence-electron chi connectivity index (χ2n) is 5.07. The van der Waals surface area contributed by atoms with E-state index in [-0.39, 0.29) is 5.97 Å². The first-order valence-corrected chi connectivity index (χ1v) is 7.19. The molecule has 0 saturated carbocycles. The molecule has 0 radical (unpaired) electrons. The summed E-state index contributed by atoms with van der Waals surface area (Å²) < 4.78 is 10.3. The van der Waals surface area contributed by atoms with Gasteiger partial charge in [0.15, 0.2) is 0 Å². The van der Waals surface area contributed by atoms with Crippen molar-refractivity contribution in [2.45, 2.75) is 6.92 Å². The van der Waals surface area contributed by atoms with Gasteiger partial charge in [0.1, 0.15) is 5.75 Å². The molecule has 0 aliphatic carbocycles. The predicted molar refractivity (Wildman–Crippen MR) is 88.7 cm³/mol. The highest BCUT2D eigenvalue weighted by Crippen LogP contribution is 2.30. The Morgan fingerprint density at radius 1 is 1.09 bits per heavy atom. The molecule has 0 spiro atoms. The summed E-state index contributed by atoms with van der Waals surface area (Å²) in [4.78, 5) is 14.2. The van der Waals surface area contributed by atoms with Crippen molar-refractivity contribution in [3.8, 4) is 16.9 Å². The normalized spacial score (nSPS) is 10.2. The molecule has 0 aliphatic heterocycles. The first-order valence-electron chi connectivity index (χ1n) is 7.19. The van der Waals surface area contributed by atoms with Crippen molar-refractivity contribution >= 4 is 11.7 Å². The van der Waals surface area contributed by atoms with Gasteiger partial charge < -0.3 is 14.4 Å². The standard InChI is InChI=1S/C18H21NO3/c1-5-22-18(20)16-11-8-14(19(2)3)12-17(16)13-6-9-15(21-4)10-7-13/h6-12H,5H2,1-4H3. The van der Waals surface area contributed by atoms with Crippen molar-refractivity contribution in [2.75, 3.05) is 32.7 Å². The van der Waals surface area contributed by atoms with Crippen LogP contribution in [0.15, 0.2) is 42.5 Å². The number of hydrogen-bond acceptors (Lipinski definition) is 4. The molecule has 0 saturated heterocycles. The van der Waals surface area contributed by atoms with E-state index >= 15 is 0 Å². The lowest BCUT2D eigenvalue weighted by molar-refractivity contribution is 0.0527. The van der Waals surface area contributed by atoms with Crippen LogP contribution in [0.4, 0.5) is 5.69 Å². The van der Waals surface area contributed by atoms with Gasteiger partial charge in [-0.1, -0.05) is 12.1 Å². The van der Waals surface area contributed by atoms with Crippen LogP contribution >= 0.6 is 0 Å². The Balaban J connectivity index is 2.52. The van der Waals surface area contributed by atoms with Gasteiger partial charge in [-0.15, -0.1) is 0 Å². The van der Waals surface area contributed by atoms with Gasteiger partial charge in [-0.05, 0) is 48.4 Å². The highest BCUT2D eigenvalue weighted by molar-refractivity contribution is 5.98. The van der Waals surface area contributed by atoms with E-state index < -0.39 is 0 Å². The van der Waals surface area contributed by atoms with Crippen LogP contribution in [-0.2, 0) is 4.74 Å². The molecular formula is C18H21NO3. The number of rotatable bonds is 5. The summed E-state index contributed by atoms with van der Waals surface area (Å²) in [6, 6.07) is 13.4. The van der Waals surface area contributed by atoms with E-state index in [2.05, 4.69) is 0 Å². The molecule has 0 heterocycles. The summed E-state index contributed by atoms with van der Waals surface area (Å²) >= 11 is 0. The minimum Gasteiger partial charge on any atom is -0.497 e. The lowest BCUT2D eigenvalue weighted by atomic mass is 9.98. The van der Waals surface area contributed by atoms with E-state index in [4.69, 9.17) is 9.47 Å². The molecule has 2 aromatic rings. The van der Waals surface area contributed by atoms with Crippen LogP contribution in [-0.4, -0.2) is 33.8 Å². The number of carbonyl (C=O) groups is 1. The molecule has 0 bridgehead atoms. The summed E-state index contributed by atoms with van der Waals surface area (Å²) in [7, 11) is 5.57. The fourth-order valence-corrected chi connectivity index (χ4v) is 2.21. The van der Waals surface area contributed by atoms with Crippen molar-refractivity contribution in [3.63, 3.8) is 0 Å². The largest absolute Gasteiger partial charge is 0.497 e. The lowest BCUT2D eigenvalue weighted by Crippen LogP contribution is -2.11. The van der Waals surface area contributed by atoms with Crippen LogP contribution in [0.1, 0.15) is 17.3 Å². The highest BCUT2D eigenvalue weighted by atomic mass is 16.5. The van der Waals surface area contributed by atoms with Crippen LogP contribution in [0.2, 0.25) is 0 Å². The zero-order valence-corrected chi connectivity index (χ0v) is 13.4. The molecule has 4 heteroatoms. The Hall–Kier alpha value is -2.49. The molecule has 0 unspecified atom stereocenters. The Bertz CT molecular complexity index is 648. The monoisotopic (exact) mass is 299 g/mol. The third-order valence-electron chi connectivity index (χ3n) is 3.42. The van der Waals surface area contributed by atoms with Crippen LogP contribution < -0.4 is 9.64 Å². The van der Waals surface area contributed by atoms with Gasteiger partial charge in [-0.25, -0.2) is 4.79 Å². The highest BCUT2D eigenvalue weighted by Gasteiger charge is 2.15. The Labute approximate surface area is 131 Å². The SMILES string of the molecule is CCOC(=O)c1ccc(N(C)C)cc1-c1ccc(OC)cc1. The minimum atomic E-state index is -0.307. The average molecular weight is 299 g/mol. The number of ether oxygens (including phenoxy) is 2. The quantitative estimate of drug-likeness (QED) is 0.791. The fraction of sp³-hybridized carbons (Fsp3) is 0.278. The minimum absolute atomic E-state index is 0.307. The zero-order chi connectivity index (χ0) is 16.1. The molecule has 0 N–H and O–H groups in total. The summed E-state index contributed by atoms with van der Waals surface area (Å²) in [5, 5.41) is 0. The number of hydrogen-bond donors (Lipinski definition) is 0. The third-order valence-corrected chi connectivity index (χ3v) is 3.42. The summed E-state index contributed by atoms with van der Waals surface area (Å²) in [6.07, 6.45) is 0. The molecule has 0 fully saturated rings. The molecule has 22 heavy (non-hydrogen) atoms. The van der Waals surface area contributed by atoms with Crippen LogP contribution in [0.3, 0.4) is 0 Å². The third kappa shape index (κ3) is 3.39. The maximum atomic E-state index is 12.2. The van der Waals surface area contributed by atoms with E-state index in [9.17, 15) is 4.79 Å². The molecule has 0 aromatic heterocycles. The second kappa shape index (κ2) is 6.98. The van der Waals surface area contributed by atoms with Gasteiger partial charge in [0.2, 0.25) is 0 Å². The molecule has 0 atom stereocenters. The number of carbonyl (C=O) groups excluding carboxylic acids is 1. The van der Waals surface area contributed by atoms with Gasteiger partial charge in [0, 0.05) is 19.8 Å². The molecule has 0 amide bonds. The molecular weight excluding hydrogens is 278 g/mol. The molecule has 2 rings (SSSR count). The van der Waals surface area contributed by atoms with E-state index in [1.54, 1.807) is 14.0 Å². The van der Waals surface area contributed by atoms with E-state index in [0.29, 0.717) is 12.2 Å². The number of nitrogens with zero attached hydrogens (tertiary/aromatic N) is 1. The van der Waals surface area contributed by atoms with Gasteiger partial charge >= 0.3 is 5.97 Å². The Morgan fingerprint density at radius 3 is 2.32 bits per heavy atom. The first-order chi connectivity index (χ1) is 10.6. The van der Waals surface area contributed by atoms with Crippen LogP contribution in [0.5, 0.6) is 5.75 Å². The summed E-state index contributed by atoms with van der Waals surface area (Å²) in [6.45, 7) is 2.16. The number of benzene rings is 2. The zero-order valence-electron chi connectivity index (χ0n) is 13.4. The number of esters is 1. The maximum absolute atomic E-state index is 12.2. The van der Waals surface area contributed by atoms with Crippen LogP contribution in [0.25, 0.3) is 11.1 Å². The van der Waals surface area contributed by atoms with Crippen molar-refractivity contribution in [3.05, 3.63) is 48.0 Å². The van der Waals surface area contributed by atoms with E-state index in [1.807, 2.05) is 61.5 Å². The second-order valence-corrected chi connectivity index (χ2v) is 5.07. The van der Waals surface area contributed by atoms with E-state index in [0.717, 1.165) is 22.6 Å². The molecule has 4 nitrogen and oxygen atoms in total. The predicted octanol–water partition coefficient (Wildman–Crippen LogP) is 3.60. The van der Waals surface area contributed by atoms with Crippen LogP contribution in [0, 0.1) is 0 Å². The number of methoxy groups -OCH3 is 1. The molecule has 2 aromatic carbocycles. The number of anilines is 1. The maximum Gasteiger partial charge on any atom is 0.338 e. The van der Waals surface area contributed by atoms with Gasteiger partial charge in [-0.2, -0.15) is 0 Å². The molecule has 116 valence electrons. The van der Waals surface area contributed by atoms with Crippen molar-refractivity contribution < 1.29 is 14.3 Å². The fourth-order valence-electron chi connectivity index (χ4n) is 2.21. The van der Waals surface area contributed by atoms with Crippen molar-refractivity contribution in [1.29, 1.82) is 0 Å². The smallest absolute Gasteiger partial charge is 0.338 e. The Kier molecular flexibility index (Phi) is 5.04. The summed E-state index contributed by atoms with van der Waals surface area (Å²) in [5.41, 5.74) is 3.40. The van der Waals surface area contributed by atoms with Crippen molar-refractivity contribution in [2.24, 2.45) is 0 Å². The average Bonchev–Trinajstić information content (AvgIpc) is 2.54. The van der Waals surface area contributed by atoms with Gasteiger partial charge in [0.05, 0.1) is 19.3 Å². The van der Waals surface area contributed by atoms with Crippen molar-refractivity contribution in [1.82, 2.24) is 0 Å². The molecule has 0 aliphatic rings. The van der Waals surface area contributed by atoms with Gasteiger partial charge in [-0.3, -0.25) is 0 Å². The summed E-state index contributed by atoms with van der Waals surface area (Å²) in [5.74, 6) is 0.476. The van der Waals surface area contributed by atoms with E-state index in [1.165, 1.54) is 0 Å².